The average molecular weight is 419 g/mol. The summed E-state index contributed by atoms with van der Waals surface area (Å²) < 4.78 is 0.862. The molecule has 4 atom stereocenters. The fourth-order valence-corrected chi connectivity index (χ4v) is 7.49. The van der Waals surface area contributed by atoms with Crippen molar-refractivity contribution in [3.63, 3.8) is 0 Å². The van der Waals surface area contributed by atoms with Crippen LogP contribution in [0.2, 0.25) is 0 Å². The zero-order valence-electron chi connectivity index (χ0n) is 13.3. The molecule has 1 aromatic rings. The minimum absolute atomic E-state index is 0.173. The lowest BCUT2D eigenvalue weighted by Crippen LogP contribution is -2.83. The first-order valence-corrected chi connectivity index (χ1v) is 10.4. The summed E-state index contributed by atoms with van der Waals surface area (Å²) in [5.74, 6) is 0.268. The molecule has 0 aromatic heterocycles. The van der Waals surface area contributed by atoms with E-state index in [1.54, 1.807) is 0 Å². The third kappa shape index (κ3) is 1.70. The van der Waals surface area contributed by atoms with Gasteiger partial charge in [0.1, 0.15) is 12.2 Å². The molecule has 1 fully saturated rings. The Morgan fingerprint density at radius 2 is 2.32 bits per heavy atom. The van der Waals surface area contributed by atoms with Crippen LogP contribution in [0.4, 0.5) is 11.4 Å². The van der Waals surface area contributed by atoms with E-state index in [-0.39, 0.29) is 16.5 Å². The number of aliphatic imine (C=N–C) groups is 1. The summed E-state index contributed by atoms with van der Waals surface area (Å²) in [4.78, 5) is 8.09. The van der Waals surface area contributed by atoms with Crippen LogP contribution in [0.3, 0.4) is 0 Å². The average Bonchev–Trinajstić information content (AvgIpc) is 3.13. The van der Waals surface area contributed by atoms with E-state index in [4.69, 9.17) is 0 Å². The summed E-state index contributed by atoms with van der Waals surface area (Å²) in [5.41, 5.74) is 3.71. The van der Waals surface area contributed by atoms with Crippen molar-refractivity contribution in [2.75, 3.05) is 11.9 Å². The Labute approximate surface area is 156 Å². The molecule has 0 unspecified atom stereocenters. The molecule has 2 bridgehead atoms. The molecule has 7 heteroatoms. The van der Waals surface area contributed by atoms with Crippen molar-refractivity contribution in [2.24, 2.45) is 4.99 Å². The van der Waals surface area contributed by atoms with E-state index in [1.807, 2.05) is 18.0 Å². The molecule has 128 valence electrons. The highest BCUT2D eigenvalue weighted by Gasteiger charge is 2.57. The van der Waals surface area contributed by atoms with E-state index >= 15 is 0 Å². The number of nitrogens with zero attached hydrogens (tertiary/aromatic N) is 1. The second-order valence-electron chi connectivity index (χ2n) is 7.44. The van der Waals surface area contributed by atoms with Gasteiger partial charge in [-0.15, -0.1) is 11.8 Å². The van der Waals surface area contributed by atoms with Crippen molar-refractivity contribution >= 4 is 50.9 Å². The Morgan fingerprint density at radius 3 is 3.20 bits per heavy atom. The smallest absolute Gasteiger partial charge is 0.214 e. The van der Waals surface area contributed by atoms with Crippen LogP contribution in [-0.2, 0) is 5.41 Å². The molecule has 5 nitrogen and oxygen atoms in total. The minimum Gasteiger partial charge on any atom is -0.504 e. The maximum atomic E-state index is 11.0. The molecule has 1 aromatic carbocycles. The molecular weight excluding hydrogens is 402 g/mol. The number of benzene rings is 1. The van der Waals surface area contributed by atoms with E-state index in [0.717, 1.165) is 52.1 Å². The van der Waals surface area contributed by atoms with Crippen LogP contribution < -0.4 is 20.9 Å². The predicted molar refractivity (Wildman–Crippen MR) is 101 cm³/mol. The Morgan fingerprint density at radius 1 is 1.44 bits per heavy atom. The maximum absolute atomic E-state index is 11.0. The van der Waals surface area contributed by atoms with E-state index in [9.17, 15) is 10.2 Å². The number of hydrogen-bond donors (Lipinski definition) is 4. The molecule has 1 saturated heterocycles. The lowest BCUT2D eigenvalue weighted by molar-refractivity contribution is -0.501. The van der Waals surface area contributed by atoms with Crippen molar-refractivity contribution < 1.29 is 15.2 Å². The summed E-state index contributed by atoms with van der Waals surface area (Å²) >= 11 is 5.47. The van der Waals surface area contributed by atoms with Crippen molar-refractivity contribution in [1.82, 2.24) is 0 Å². The number of hydrogen-bond acceptors (Lipinski definition) is 5. The van der Waals surface area contributed by atoms with E-state index in [2.05, 4.69) is 37.3 Å². The first-order valence-electron chi connectivity index (χ1n) is 8.64. The monoisotopic (exact) mass is 418 g/mol. The Kier molecular flexibility index (Phi) is 2.78. The first kappa shape index (κ1) is 14.8. The first-order chi connectivity index (χ1) is 12.1. The molecule has 4 N–H and O–H groups in total. The van der Waals surface area contributed by atoms with Gasteiger partial charge in [0, 0.05) is 27.8 Å². The van der Waals surface area contributed by atoms with Gasteiger partial charge in [-0.2, -0.15) is 0 Å². The number of aliphatic hydroxyl groups excluding tert-OH is 1. The summed E-state index contributed by atoms with van der Waals surface area (Å²) in [7, 11) is 0. The number of fused-ring (bicyclic) bond motifs is 3. The number of rotatable bonds is 0. The highest BCUT2D eigenvalue weighted by Crippen LogP contribution is 2.60. The number of anilines is 1. The summed E-state index contributed by atoms with van der Waals surface area (Å²) in [6.45, 7) is 0.885. The molecule has 25 heavy (non-hydrogen) atoms. The largest absolute Gasteiger partial charge is 0.504 e. The van der Waals surface area contributed by atoms with E-state index in [1.165, 1.54) is 5.57 Å². The number of halogens is 1. The zero-order chi connectivity index (χ0) is 16.9. The molecule has 1 spiro atoms. The lowest BCUT2D eigenvalue weighted by atomic mass is 9.67. The molecule has 1 aliphatic carbocycles. The summed E-state index contributed by atoms with van der Waals surface area (Å²) in [6, 6.07) is 0. The molecule has 4 heterocycles. The maximum Gasteiger partial charge on any atom is 0.214 e. The van der Waals surface area contributed by atoms with Crippen molar-refractivity contribution in [2.45, 2.75) is 41.4 Å². The van der Waals surface area contributed by atoms with Gasteiger partial charge in [0.05, 0.1) is 27.9 Å². The van der Waals surface area contributed by atoms with Gasteiger partial charge in [-0.25, -0.2) is 4.99 Å². The topological polar surface area (TPSA) is 78.8 Å². The van der Waals surface area contributed by atoms with Crippen LogP contribution in [0.25, 0.3) is 5.57 Å². The van der Waals surface area contributed by atoms with Crippen LogP contribution >= 0.6 is 27.7 Å². The second kappa shape index (κ2) is 4.69. The van der Waals surface area contributed by atoms with Crippen LogP contribution in [0.5, 0.6) is 5.75 Å². The van der Waals surface area contributed by atoms with Gasteiger partial charge < -0.3 is 15.5 Å². The number of aromatic hydroxyl groups is 1. The number of nitrogens with one attached hydrogen (secondary N) is 2. The van der Waals surface area contributed by atoms with Gasteiger partial charge in [-0.3, -0.25) is 4.99 Å². The van der Waals surface area contributed by atoms with Gasteiger partial charge in [-0.05, 0) is 18.4 Å². The van der Waals surface area contributed by atoms with Gasteiger partial charge in [0.25, 0.3) is 0 Å². The molecule has 0 amide bonds. The normalized spacial score (nSPS) is 36.2. The SMILES string of the molecule is Oc1c2c(c3c4c1N=CC=4CC[NH+]=3)[C@]13C=C(Br)[C@H](O)C[C@H]1S[C@@H](C3)N2. The lowest BCUT2D eigenvalue weighted by Gasteiger charge is -2.39. The van der Waals surface area contributed by atoms with E-state index in [0.29, 0.717) is 10.9 Å². The molecule has 0 saturated carbocycles. The third-order valence-electron chi connectivity index (χ3n) is 6.16. The van der Waals surface area contributed by atoms with Crippen molar-refractivity contribution in [1.29, 1.82) is 0 Å². The summed E-state index contributed by atoms with van der Waals surface area (Å²) in [6.07, 6.45) is 6.29. The zero-order valence-corrected chi connectivity index (χ0v) is 15.7. The van der Waals surface area contributed by atoms with Crippen molar-refractivity contribution in [3.8, 4) is 5.75 Å². The van der Waals surface area contributed by atoms with E-state index < -0.39 is 6.10 Å². The number of phenols is 1. The molecule has 0 radical (unpaired) electrons. The van der Waals surface area contributed by atoms with Gasteiger partial charge in [-0.1, -0.05) is 22.0 Å². The second-order valence-corrected chi connectivity index (χ2v) is 9.77. The fourth-order valence-electron chi connectivity index (χ4n) is 5.13. The molecule has 6 rings (SSSR count). The van der Waals surface area contributed by atoms with Crippen LogP contribution in [0.15, 0.2) is 15.6 Å². The van der Waals surface area contributed by atoms with Crippen LogP contribution in [0.1, 0.15) is 24.8 Å². The van der Waals surface area contributed by atoms with Gasteiger partial charge in [0.2, 0.25) is 5.36 Å². The van der Waals surface area contributed by atoms with Crippen molar-refractivity contribution in [3.05, 3.63) is 26.7 Å². The number of phenolic OH excluding ortho intramolecular Hbond substituents is 1. The van der Waals surface area contributed by atoms with Gasteiger partial charge in [0.15, 0.2) is 5.75 Å². The van der Waals surface area contributed by atoms with Gasteiger partial charge >= 0.3 is 0 Å². The summed E-state index contributed by atoms with van der Waals surface area (Å²) in [5, 5.41) is 27.6. The highest BCUT2D eigenvalue weighted by molar-refractivity contribution is 9.11. The fraction of sp³-hybridized carbons (Fsp3) is 0.444. The molecular formula is C18H17BrN3O2S+. The number of aliphatic hydroxyl groups is 1. The standard InChI is InChI=1S/C18H16BrN3O2S/c19-8-4-18-5-11(25-10(18)3-9(8)23)22-16-13(18)14-12-7(1-2-20-14)6-21-15(12)17(16)24/h4,6,9-11,22-24H,1-3,5H2/p+1/t9-,10-,11+,18+/m1/s1. The number of allylic oxidation sites excluding steroid dienone is 1. The molecule has 5 aliphatic rings. The van der Waals surface area contributed by atoms with Crippen LogP contribution in [0, 0.1) is 0 Å². The quantitative estimate of drug-likeness (QED) is 0.443. The Bertz CT molecular complexity index is 1030. The third-order valence-corrected chi connectivity index (χ3v) is 8.47. The highest BCUT2D eigenvalue weighted by atomic mass is 79.9. The predicted octanol–water partition coefficient (Wildman–Crippen LogP) is -0.0990. The van der Waals surface area contributed by atoms with Crippen LogP contribution in [-0.4, -0.2) is 39.7 Å². The minimum atomic E-state index is -0.441. The Balaban J connectivity index is 1.77. The molecule has 4 aliphatic heterocycles. The Hall–Kier alpha value is -1.31. The number of thioether (sulfide) groups is 1.